The summed E-state index contributed by atoms with van der Waals surface area (Å²) >= 11 is 3.40. The van der Waals surface area contributed by atoms with Crippen LogP contribution in [0.1, 0.15) is 5.56 Å². The summed E-state index contributed by atoms with van der Waals surface area (Å²) < 4.78 is 0. The molecule has 1 aromatic heterocycles. The maximum absolute atomic E-state index is 12.1. The maximum Gasteiger partial charge on any atom is 0.244 e. The van der Waals surface area contributed by atoms with Crippen molar-refractivity contribution in [2.24, 2.45) is 4.99 Å². The molecule has 0 fully saturated rings. The third-order valence-electron chi connectivity index (χ3n) is 2.85. The number of aromatic nitrogens is 1. The summed E-state index contributed by atoms with van der Waals surface area (Å²) in [4.78, 5) is 20.2. The first kappa shape index (κ1) is 12.0. The van der Waals surface area contributed by atoms with Gasteiger partial charge in [0.1, 0.15) is 4.83 Å². The molecule has 0 aliphatic carbocycles. The van der Waals surface area contributed by atoms with E-state index in [9.17, 15) is 4.79 Å². The first-order valence-corrected chi connectivity index (χ1v) is 6.70. The highest BCUT2D eigenvalue weighted by atomic mass is 79.9. The van der Waals surface area contributed by atoms with Crippen LogP contribution in [0.2, 0.25) is 0 Å². The van der Waals surface area contributed by atoms with Crippen molar-refractivity contribution in [2.45, 2.75) is 4.83 Å². The summed E-state index contributed by atoms with van der Waals surface area (Å²) in [7, 11) is 0. The molecule has 0 radical (unpaired) electrons. The predicted molar refractivity (Wildman–Crippen MR) is 78.2 cm³/mol. The molecule has 0 bridgehead atoms. The maximum atomic E-state index is 12.1. The second kappa shape index (κ2) is 4.93. The Morgan fingerprint density at radius 3 is 2.63 bits per heavy atom. The van der Waals surface area contributed by atoms with Crippen molar-refractivity contribution in [1.29, 1.82) is 0 Å². The Kier molecular flexibility index (Phi) is 3.13. The van der Waals surface area contributed by atoms with Crippen LogP contribution in [-0.4, -0.2) is 21.4 Å². The smallest absolute Gasteiger partial charge is 0.244 e. The number of rotatable bonds is 1. The van der Waals surface area contributed by atoms with Gasteiger partial charge in [-0.15, -0.1) is 0 Å². The average Bonchev–Trinajstić information content (AvgIpc) is 2.58. The lowest BCUT2D eigenvalue weighted by Crippen LogP contribution is -2.29. The normalized spacial score (nSPS) is 18.1. The molecule has 3 rings (SSSR count). The number of anilines is 1. The van der Waals surface area contributed by atoms with Crippen LogP contribution in [-0.2, 0) is 4.79 Å². The Morgan fingerprint density at radius 1 is 1.11 bits per heavy atom. The minimum absolute atomic E-state index is 0.125. The molecule has 1 aromatic carbocycles. The van der Waals surface area contributed by atoms with Crippen LogP contribution in [0.5, 0.6) is 0 Å². The average molecular weight is 316 g/mol. The van der Waals surface area contributed by atoms with E-state index in [2.05, 4.69) is 31.2 Å². The zero-order valence-corrected chi connectivity index (χ0v) is 11.5. The fourth-order valence-electron chi connectivity index (χ4n) is 1.92. The lowest BCUT2D eigenvalue weighted by Gasteiger charge is -2.09. The van der Waals surface area contributed by atoms with Crippen molar-refractivity contribution >= 4 is 38.9 Å². The molecule has 2 aromatic rings. The number of alkyl halides is 1. The molecule has 5 heteroatoms. The number of pyridine rings is 1. The van der Waals surface area contributed by atoms with E-state index in [1.807, 2.05) is 36.4 Å². The van der Waals surface area contributed by atoms with Crippen LogP contribution >= 0.6 is 15.9 Å². The van der Waals surface area contributed by atoms with E-state index in [0.29, 0.717) is 5.71 Å². The molecule has 1 aliphatic rings. The Balaban J connectivity index is 2.16. The van der Waals surface area contributed by atoms with Gasteiger partial charge in [0.25, 0.3) is 0 Å². The Labute approximate surface area is 118 Å². The molecule has 0 spiro atoms. The van der Waals surface area contributed by atoms with Gasteiger partial charge in [0.05, 0.1) is 17.1 Å². The van der Waals surface area contributed by atoms with Crippen molar-refractivity contribution in [2.75, 3.05) is 5.32 Å². The summed E-state index contributed by atoms with van der Waals surface area (Å²) in [6, 6.07) is 11.2. The van der Waals surface area contributed by atoms with Gasteiger partial charge >= 0.3 is 0 Å². The fraction of sp³-hybridized carbons (Fsp3) is 0.0714. The number of aliphatic imine (C=N–C) groups is 1. The second-order valence-electron chi connectivity index (χ2n) is 4.10. The Morgan fingerprint density at radius 2 is 1.84 bits per heavy atom. The summed E-state index contributed by atoms with van der Waals surface area (Å²) in [5.41, 5.74) is 3.04. The molecule has 1 amide bonds. The highest BCUT2D eigenvalue weighted by molar-refractivity contribution is 9.10. The monoisotopic (exact) mass is 315 g/mol. The van der Waals surface area contributed by atoms with Crippen LogP contribution in [0.15, 0.2) is 53.8 Å². The van der Waals surface area contributed by atoms with E-state index in [1.54, 1.807) is 12.4 Å². The van der Waals surface area contributed by atoms with Gasteiger partial charge in [-0.05, 0) is 24.3 Å². The van der Waals surface area contributed by atoms with Gasteiger partial charge in [0.15, 0.2) is 0 Å². The molecule has 1 aliphatic heterocycles. The molecular weight excluding hydrogens is 306 g/mol. The second-order valence-corrected chi connectivity index (χ2v) is 5.02. The zero-order chi connectivity index (χ0) is 13.2. The fourth-order valence-corrected chi connectivity index (χ4v) is 2.40. The van der Waals surface area contributed by atoms with Gasteiger partial charge in [-0.2, -0.15) is 0 Å². The predicted octanol–water partition coefficient (Wildman–Crippen LogP) is 2.92. The number of nitrogens with one attached hydrogen (secondary N) is 1. The number of nitrogens with zero attached hydrogens (tertiary/aromatic N) is 2. The third kappa shape index (κ3) is 2.29. The minimum Gasteiger partial charge on any atom is -0.323 e. The molecule has 0 saturated carbocycles. The highest BCUT2D eigenvalue weighted by Gasteiger charge is 2.26. The number of hydrogen-bond acceptors (Lipinski definition) is 3. The molecule has 0 saturated heterocycles. The Bertz CT molecular complexity index is 655. The van der Waals surface area contributed by atoms with E-state index in [1.165, 1.54) is 0 Å². The van der Waals surface area contributed by atoms with E-state index in [-0.39, 0.29) is 5.91 Å². The van der Waals surface area contributed by atoms with Crippen molar-refractivity contribution in [3.63, 3.8) is 0 Å². The topological polar surface area (TPSA) is 54.4 Å². The van der Waals surface area contributed by atoms with E-state index >= 15 is 0 Å². The molecule has 19 heavy (non-hydrogen) atoms. The summed E-state index contributed by atoms with van der Waals surface area (Å²) in [5, 5.41) is 2.86. The number of fused-ring (bicyclic) bond motifs is 1. The summed E-state index contributed by atoms with van der Waals surface area (Å²) in [6.45, 7) is 0. The quantitative estimate of drug-likeness (QED) is 0.823. The lowest BCUT2D eigenvalue weighted by molar-refractivity contribution is -0.114. The van der Waals surface area contributed by atoms with Gasteiger partial charge in [-0.3, -0.25) is 9.78 Å². The molecular formula is C14H10BrN3O. The zero-order valence-electron chi connectivity index (χ0n) is 9.88. The van der Waals surface area contributed by atoms with Gasteiger partial charge < -0.3 is 5.32 Å². The van der Waals surface area contributed by atoms with Crippen LogP contribution in [0.4, 0.5) is 11.4 Å². The van der Waals surface area contributed by atoms with Gasteiger partial charge in [-0.1, -0.05) is 28.1 Å². The number of amides is 1. The first-order chi connectivity index (χ1) is 9.25. The number of hydrogen-bond donors (Lipinski definition) is 1. The molecule has 2 heterocycles. The van der Waals surface area contributed by atoms with Gasteiger partial charge in [-0.25, -0.2) is 4.99 Å². The lowest BCUT2D eigenvalue weighted by atomic mass is 10.1. The van der Waals surface area contributed by atoms with E-state index in [0.717, 1.165) is 16.9 Å². The molecule has 1 unspecified atom stereocenters. The van der Waals surface area contributed by atoms with Crippen molar-refractivity contribution in [3.8, 4) is 0 Å². The standard InChI is InChI=1S/C14H10BrN3O/c15-12-13(9-5-7-16-8-6-9)17-10-3-1-2-4-11(10)18-14(12)19/h1-8,12H,(H,18,19). The highest BCUT2D eigenvalue weighted by Crippen LogP contribution is 2.30. The van der Waals surface area contributed by atoms with Crippen LogP contribution in [0.3, 0.4) is 0 Å². The SMILES string of the molecule is O=C1Nc2ccccc2N=C(c2ccncc2)C1Br. The van der Waals surface area contributed by atoms with Crippen LogP contribution < -0.4 is 5.32 Å². The number of carbonyl (C=O) groups is 1. The van der Waals surface area contributed by atoms with E-state index in [4.69, 9.17) is 0 Å². The van der Waals surface area contributed by atoms with Crippen molar-refractivity contribution in [1.82, 2.24) is 4.98 Å². The van der Waals surface area contributed by atoms with Crippen LogP contribution in [0.25, 0.3) is 0 Å². The number of benzene rings is 1. The Hall–Kier alpha value is -2.01. The summed E-state index contributed by atoms with van der Waals surface area (Å²) in [6.07, 6.45) is 3.37. The molecule has 1 N–H and O–H groups in total. The van der Waals surface area contributed by atoms with Crippen molar-refractivity contribution in [3.05, 3.63) is 54.4 Å². The number of halogens is 1. The van der Waals surface area contributed by atoms with E-state index < -0.39 is 4.83 Å². The first-order valence-electron chi connectivity index (χ1n) is 5.78. The molecule has 4 nitrogen and oxygen atoms in total. The van der Waals surface area contributed by atoms with Crippen LogP contribution in [0, 0.1) is 0 Å². The van der Waals surface area contributed by atoms with Gasteiger partial charge in [0, 0.05) is 18.0 Å². The third-order valence-corrected chi connectivity index (χ3v) is 3.70. The summed E-state index contributed by atoms with van der Waals surface area (Å²) in [5.74, 6) is -0.125. The number of carbonyl (C=O) groups excluding carboxylic acids is 1. The minimum atomic E-state index is -0.484. The van der Waals surface area contributed by atoms with Crippen molar-refractivity contribution < 1.29 is 4.79 Å². The number of para-hydroxylation sites is 2. The molecule has 1 atom stereocenters. The largest absolute Gasteiger partial charge is 0.323 e. The molecule has 94 valence electrons. The van der Waals surface area contributed by atoms with Gasteiger partial charge in [0.2, 0.25) is 5.91 Å².